The van der Waals surface area contributed by atoms with E-state index in [9.17, 15) is 4.79 Å². The number of amides is 1. The minimum absolute atomic E-state index is 0.0259. The fourth-order valence-corrected chi connectivity index (χ4v) is 1.44. The summed E-state index contributed by atoms with van der Waals surface area (Å²) in [4.78, 5) is 11.6. The molecule has 0 aromatic heterocycles. The molecule has 18 heavy (non-hydrogen) atoms. The average molecular weight is 270 g/mol. The van der Waals surface area contributed by atoms with Crippen LogP contribution in [0.5, 0.6) is 5.75 Å². The second-order valence-electron chi connectivity index (χ2n) is 4.80. The van der Waals surface area contributed by atoms with Crippen molar-refractivity contribution in [2.24, 2.45) is 5.92 Å². The molecule has 1 unspecified atom stereocenters. The van der Waals surface area contributed by atoms with Gasteiger partial charge in [0.1, 0.15) is 5.75 Å². The van der Waals surface area contributed by atoms with Gasteiger partial charge in [-0.05, 0) is 43.5 Å². The molecule has 0 heterocycles. The summed E-state index contributed by atoms with van der Waals surface area (Å²) >= 11 is 5.91. The number of carbonyl (C=O) groups excluding carboxylic acids is 1. The Morgan fingerprint density at radius 3 is 2.61 bits per heavy atom. The highest BCUT2D eigenvalue weighted by molar-refractivity contribution is 6.31. The molecule has 1 amide bonds. The van der Waals surface area contributed by atoms with E-state index in [1.807, 2.05) is 19.9 Å². The van der Waals surface area contributed by atoms with Crippen LogP contribution in [-0.4, -0.2) is 18.6 Å². The van der Waals surface area contributed by atoms with Crippen LogP contribution in [0.2, 0.25) is 5.02 Å². The molecule has 0 aliphatic rings. The van der Waals surface area contributed by atoms with E-state index in [-0.39, 0.29) is 18.6 Å². The van der Waals surface area contributed by atoms with Gasteiger partial charge in [0, 0.05) is 11.1 Å². The molecule has 4 heteroatoms. The predicted octanol–water partition coefficient (Wildman–Crippen LogP) is 3.19. The number of ether oxygens (including phenoxy) is 1. The van der Waals surface area contributed by atoms with Gasteiger partial charge in [0.2, 0.25) is 0 Å². The van der Waals surface area contributed by atoms with Crippen molar-refractivity contribution < 1.29 is 9.53 Å². The zero-order valence-electron chi connectivity index (χ0n) is 11.3. The smallest absolute Gasteiger partial charge is 0.258 e. The van der Waals surface area contributed by atoms with E-state index in [4.69, 9.17) is 16.3 Å². The molecule has 0 fully saturated rings. The zero-order chi connectivity index (χ0) is 13.7. The highest BCUT2D eigenvalue weighted by Crippen LogP contribution is 2.20. The molecular weight excluding hydrogens is 250 g/mol. The van der Waals surface area contributed by atoms with Crippen molar-refractivity contribution >= 4 is 17.5 Å². The monoisotopic (exact) mass is 269 g/mol. The number of hydrogen-bond donors (Lipinski definition) is 1. The average Bonchev–Trinajstić information content (AvgIpc) is 2.30. The van der Waals surface area contributed by atoms with Crippen LogP contribution in [0.25, 0.3) is 0 Å². The third-order valence-corrected chi connectivity index (χ3v) is 3.31. The van der Waals surface area contributed by atoms with Crippen LogP contribution in [0.1, 0.15) is 26.3 Å². The molecule has 1 atom stereocenters. The van der Waals surface area contributed by atoms with Gasteiger partial charge in [-0.2, -0.15) is 0 Å². The number of hydrogen-bond acceptors (Lipinski definition) is 2. The van der Waals surface area contributed by atoms with E-state index >= 15 is 0 Å². The summed E-state index contributed by atoms with van der Waals surface area (Å²) in [5, 5.41) is 3.58. The molecule has 0 bridgehead atoms. The van der Waals surface area contributed by atoms with Crippen LogP contribution < -0.4 is 10.1 Å². The van der Waals surface area contributed by atoms with Crippen LogP contribution in [0.15, 0.2) is 18.2 Å². The summed E-state index contributed by atoms with van der Waals surface area (Å²) in [6.07, 6.45) is 0. The lowest BCUT2D eigenvalue weighted by Crippen LogP contribution is -2.38. The first-order chi connectivity index (χ1) is 8.40. The van der Waals surface area contributed by atoms with Crippen LogP contribution in [0.3, 0.4) is 0 Å². The molecule has 0 saturated heterocycles. The van der Waals surface area contributed by atoms with Crippen LogP contribution in [0, 0.1) is 12.8 Å². The lowest BCUT2D eigenvalue weighted by Gasteiger charge is -2.17. The van der Waals surface area contributed by atoms with E-state index in [1.54, 1.807) is 12.1 Å². The van der Waals surface area contributed by atoms with Gasteiger partial charge < -0.3 is 10.1 Å². The molecule has 0 saturated carbocycles. The van der Waals surface area contributed by atoms with E-state index in [0.29, 0.717) is 16.7 Å². The van der Waals surface area contributed by atoms with Crippen LogP contribution >= 0.6 is 11.6 Å². The second-order valence-corrected chi connectivity index (χ2v) is 5.21. The maximum absolute atomic E-state index is 11.6. The maximum Gasteiger partial charge on any atom is 0.258 e. The van der Waals surface area contributed by atoms with Crippen molar-refractivity contribution in [3.63, 3.8) is 0 Å². The number of carbonyl (C=O) groups is 1. The molecule has 0 aliphatic carbocycles. The normalized spacial score (nSPS) is 12.3. The van der Waals surface area contributed by atoms with Gasteiger partial charge in [0.15, 0.2) is 6.61 Å². The van der Waals surface area contributed by atoms with Gasteiger partial charge in [-0.1, -0.05) is 25.4 Å². The standard InChI is InChI=1S/C14H20ClNO2/c1-9(2)11(4)16-14(17)8-18-12-5-6-13(15)10(3)7-12/h5-7,9,11H,8H2,1-4H3,(H,16,17). The summed E-state index contributed by atoms with van der Waals surface area (Å²) in [5.41, 5.74) is 0.935. The second kappa shape index (κ2) is 6.64. The highest BCUT2D eigenvalue weighted by Gasteiger charge is 2.11. The minimum Gasteiger partial charge on any atom is -0.484 e. The lowest BCUT2D eigenvalue weighted by atomic mass is 10.1. The fraction of sp³-hybridized carbons (Fsp3) is 0.500. The van der Waals surface area contributed by atoms with Gasteiger partial charge in [-0.3, -0.25) is 4.79 Å². The number of rotatable bonds is 5. The molecule has 0 radical (unpaired) electrons. The summed E-state index contributed by atoms with van der Waals surface area (Å²) in [7, 11) is 0. The number of halogens is 1. The summed E-state index contributed by atoms with van der Waals surface area (Å²) in [6, 6.07) is 5.49. The van der Waals surface area contributed by atoms with E-state index < -0.39 is 0 Å². The topological polar surface area (TPSA) is 38.3 Å². The van der Waals surface area contributed by atoms with Crippen molar-refractivity contribution in [2.45, 2.75) is 33.7 Å². The van der Waals surface area contributed by atoms with Gasteiger partial charge in [0.05, 0.1) is 0 Å². The Morgan fingerprint density at radius 1 is 1.39 bits per heavy atom. The van der Waals surface area contributed by atoms with Gasteiger partial charge in [0.25, 0.3) is 5.91 Å². The van der Waals surface area contributed by atoms with E-state index in [2.05, 4.69) is 19.2 Å². The Balaban J connectivity index is 2.45. The molecule has 1 rings (SSSR count). The van der Waals surface area contributed by atoms with Gasteiger partial charge in [-0.25, -0.2) is 0 Å². The first-order valence-electron chi connectivity index (χ1n) is 6.08. The Hall–Kier alpha value is -1.22. The first-order valence-corrected chi connectivity index (χ1v) is 6.46. The molecule has 1 N–H and O–H groups in total. The van der Waals surface area contributed by atoms with Crippen LogP contribution in [0.4, 0.5) is 0 Å². The van der Waals surface area contributed by atoms with Crippen molar-refractivity contribution in [2.75, 3.05) is 6.61 Å². The molecular formula is C14H20ClNO2. The quantitative estimate of drug-likeness (QED) is 0.892. The SMILES string of the molecule is Cc1cc(OCC(=O)NC(C)C(C)C)ccc1Cl. The van der Waals surface area contributed by atoms with Crippen molar-refractivity contribution in [1.29, 1.82) is 0 Å². The Bertz CT molecular complexity index is 418. The number of nitrogens with one attached hydrogen (secondary N) is 1. The third kappa shape index (κ3) is 4.57. The fourth-order valence-electron chi connectivity index (χ4n) is 1.32. The molecule has 100 valence electrons. The Labute approximate surface area is 113 Å². The van der Waals surface area contributed by atoms with Crippen molar-refractivity contribution in [3.8, 4) is 5.75 Å². The Morgan fingerprint density at radius 2 is 2.06 bits per heavy atom. The maximum atomic E-state index is 11.6. The summed E-state index contributed by atoms with van der Waals surface area (Å²) in [5.74, 6) is 0.958. The van der Waals surface area contributed by atoms with E-state index in [0.717, 1.165) is 5.56 Å². The number of benzene rings is 1. The van der Waals surface area contributed by atoms with Crippen molar-refractivity contribution in [3.05, 3.63) is 28.8 Å². The van der Waals surface area contributed by atoms with Gasteiger partial charge in [-0.15, -0.1) is 0 Å². The predicted molar refractivity (Wildman–Crippen MR) is 74.1 cm³/mol. The third-order valence-electron chi connectivity index (χ3n) is 2.89. The largest absolute Gasteiger partial charge is 0.484 e. The molecule has 1 aromatic carbocycles. The Kier molecular flexibility index (Phi) is 5.48. The first kappa shape index (κ1) is 14.8. The molecule has 3 nitrogen and oxygen atoms in total. The lowest BCUT2D eigenvalue weighted by molar-refractivity contribution is -0.124. The molecule has 1 aromatic rings. The van der Waals surface area contributed by atoms with E-state index in [1.165, 1.54) is 0 Å². The molecule has 0 spiro atoms. The molecule has 0 aliphatic heterocycles. The highest BCUT2D eigenvalue weighted by atomic mass is 35.5. The minimum atomic E-state index is -0.108. The zero-order valence-corrected chi connectivity index (χ0v) is 12.0. The van der Waals surface area contributed by atoms with Crippen molar-refractivity contribution in [1.82, 2.24) is 5.32 Å². The summed E-state index contributed by atoms with van der Waals surface area (Å²) in [6.45, 7) is 8.03. The van der Waals surface area contributed by atoms with Crippen LogP contribution in [-0.2, 0) is 4.79 Å². The summed E-state index contributed by atoms with van der Waals surface area (Å²) < 4.78 is 5.41. The van der Waals surface area contributed by atoms with Gasteiger partial charge >= 0.3 is 0 Å². The number of aryl methyl sites for hydroxylation is 1.